The van der Waals surface area contributed by atoms with E-state index in [1.54, 1.807) is 29.5 Å². The number of benzene rings is 2. The maximum absolute atomic E-state index is 13.1. The van der Waals surface area contributed by atoms with E-state index in [4.69, 9.17) is 16.3 Å². The van der Waals surface area contributed by atoms with Crippen molar-refractivity contribution in [3.8, 4) is 5.75 Å². The van der Waals surface area contributed by atoms with Crippen LogP contribution in [0.1, 0.15) is 91.9 Å². The average molecular weight is 608 g/mol. The monoisotopic (exact) mass is 606 g/mol. The quantitative estimate of drug-likeness (QED) is 0.170. The lowest BCUT2D eigenvalue weighted by atomic mass is 10.1. The van der Waals surface area contributed by atoms with Crippen LogP contribution in [0.5, 0.6) is 5.75 Å². The van der Waals surface area contributed by atoms with E-state index < -0.39 is 0 Å². The van der Waals surface area contributed by atoms with Crippen molar-refractivity contribution in [3.63, 3.8) is 0 Å². The SMILES string of the molecule is CCCCCCCCCCCCOc1cc(Cl)ccc1C(=O)Nc1cccc(C[n+]2csc(C)c2)c1.[Br-]. The molecule has 0 spiro atoms. The van der Waals surface area contributed by atoms with Gasteiger partial charge in [-0.05, 0) is 43.7 Å². The number of anilines is 1. The smallest absolute Gasteiger partial charge is 0.259 e. The second kappa shape index (κ2) is 17.6. The molecule has 202 valence electrons. The van der Waals surface area contributed by atoms with Crippen LogP contribution >= 0.6 is 22.9 Å². The van der Waals surface area contributed by atoms with Gasteiger partial charge in [0.25, 0.3) is 5.91 Å². The number of thiazole rings is 1. The molecule has 3 rings (SSSR count). The molecule has 0 aliphatic heterocycles. The van der Waals surface area contributed by atoms with E-state index in [9.17, 15) is 4.79 Å². The Morgan fingerprint density at radius 2 is 1.68 bits per heavy atom. The number of halogens is 2. The van der Waals surface area contributed by atoms with E-state index in [2.05, 4.69) is 41.5 Å². The van der Waals surface area contributed by atoms with E-state index in [1.165, 1.54) is 56.2 Å². The Morgan fingerprint density at radius 1 is 0.973 bits per heavy atom. The number of rotatable bonds is 16. The van der Waals surface area contributed by atoms with Gasteiger partial charge in [0.05, 0.1) is 17.0 Å². The van der Waals surface area contributed by atoms with Crippen molar-refractivity contribution in [3.05, 3.63) is 75.2 Å². The predicted octanol–water partition coefficient (Wildman–Crippen LogP) is 5.60. The zero-order chi connectivity index (χ0) is 25.6. The highest BCUT2D eigenvalue weighted by Gasteiger charge is 2.15. The molecule has 0 saturated carbocycles. The second-order valence-electron chi connectivity index (χ2n) is 9.46. The third-order valence-corrected chi connectivity index (χ3v) is 7.30. The minimum atomic E-state index is -0.194. The Morgan fingerprint density at radius 3 is 2.35 bits per heavy atom. The first-order chi connectivity index (χ1) is 17.5. The minimum Gasteiger partial charge on any atom is -1.00 e. The Balaban J connectivity index is 0.00000481. The molecule has 2 aromatic carbocycles. The molecule has 0 aliphatic rings. The number of amides is 1. The zero-order valence-corrected chi connectivity index (χ0v) is 25.3. The van der Waals surface area contributed by atoms with E-state index in [0.29, 0.717) is 22.9 Å². The van der Waals surface area contributed by atoms with Crippen LogP contribution in [-0.2, 0) is 6.54 Å². The van der Waals surface area contributed by atoms with Crippen LogP contribution in [0.15, 0.2) is 54.2 Å². The highest BCUT2D eigenvalue weighted by Crippen LogP contribution is 2.25. The third-order valence-electron chi connectivity index (χ3n) is 6.22. The zero-order valence-electron chi connectivity index (χ0n) is 22.1. The van der Waals surface area contributed by atoms with Crippen LogP contribution in [-0.4, -0.2) is 12.5 Å². The fraction of sp³-hybridized carbons (Fsp3) is 0.467. The van der Waals surface area contributed by atoms with Gasteiger partial charge in [0.1, 0.15) is 5.75 Å². The summed E-state index contributed by atoms with van der Waals surface area (Å²) in [5.41, 5.74) is 4.50. The molecular weight excluding hydrogens is 568 g/mol. The van der Waals surface area contributed by atoms with Gasteiger partial charge in [0, 0.05) is 16.3 Å². The molecule has 3 aromatic rings. The predicted molar refractivity (Wildman–Crippen MR) is 152 cm³/mol. The fourth-order valence-corrected chi connectivity index (χ4v) is 5.06. The molecule has 0 aliphatic carbocycles. The van der Waals surface area contributed by atoms with Crippen LogP contribution in [0, 0.1) is 6.92 Å². The van der Waals surface area contributed by atoms with Gasteiger partial charge in [-0.15, -0.1) is 0 Å². The molecular formula is C30H40BrClN2O2S. The van der Waals surface area contributed by atoms with Crippen LogP contribution in [0.3, 0.4) is 0 Å². The molecule has 0 unspecified atom stereocenters. The summed E-state index contributed by atoms with van der Waals surface area (Å²) < 4.78 is 8.16. The molecule has 0 fully saturated rings. The number of hydrogen-bond donors (Lipinski definition) is 1. The van der Waals surface area contributed by atoms with Crippen molar-refractivity contribution in [1.29, 1.82) is 0 Å². The first-order valence-electron chi connectivity index (χ1n) is 13.3. The van der Waals surface area contributed by atoms with Crippen molar-refractivity contribution < 1.29 is 31.1 Å². The van der Waals surface area contributed by atoms with Crippen LogP contribution in [0.4, 0.5) is 5.69 Å². The molecule has 0 bridgehead atoms. The van der Waals surface area contributed by atoms with Crippen molar-refractivity contribution in [2.45, 2.75) is 84.6 Å². The van der Waals surface area contributed by atoms with Gasteiger partial charge >= 0.3 is 0 Å². The number of aryl methyl sites for hydroxylation is 1. The highest BCUT2D eigenvalue weighted by atomic mass is 79.9. The Kier molecular flexibility index (Phi) is 14.9. The van der Waals surface area contributed by atoms with Crippen molar-refractivity contribution in [2.24, 2.45) is 0 Å². The number of ether oxygens (including phenoxy) is 1. The van der Waals surface area contributed by atoms with E-state index in [-0.39, 0.29) is 22.9 Å². The second-order valence-corrected chi connectivity index (χ2v) is 11.0. The number of carbonyl (C=O) groups excluding carboxylic acids is 1. The van der Waals surface area contributed by atoms with Gasteiger partial charge in [-0.3, -0.25) is 4.79 Å². The summed E-state index contributed by atoms with van der Waals surface area (Å²) in [7, 11) is 0. The van der Waals surface area contributed by atoms with Crippen molar-refractivity contribution in [2.75, 3.05) is 11.9 Å². The molecule has 1 aromatic heterocycles. The van der Waals surface area contributed by atoms with Crippen LogP contribution in [0.25, 0.3) is 0 Å². The summed E-state index contributed by atoms with van der Waals surface area (Å²) in [5, 5.41) is 3.59. The summed E-state index contributed by atoms with van der Waals surface area (Å²) in [6.07, 6.45) is 14.9. The van der Waals surface area contributed by atoms with Crippen LogP contribution in [0.2, 0.25) is 5.02 Å². The number of nitrogens with zero attached hydrogens (tertiary/aromatic N) is 1. The number of aromatic nitrogens is 1. The molecule has 1 N–H and O–H groups in total. The summed E-state index contributed by atoms with van der Waals surface area (Å²) >= 11 is 7.93. The van der Waals surface area contributed by atoms with E-state index in [0.717, 1.165) is 30.6 Å². The summed E-state index contributed by atoms with van der Waals surface area (Å²) in [6.45, 7) is 5.71. The Bertz CT molecular complexity index is 1090. The van der Waals surface area contributed by atoms with E-state index in [1.807, 2.05) is 18.2 Å². The lowest BCUT2D eigenvalue weighted by Gasteiger charge is -2.13. The summed E-state index contributed by atoms with van der Waals surface area (Å²) in [6, 6.07) is 13.2. The lowest BCUT2D eigenvalue weighted by molar-refractivity contribution is -0.683. The van der Waals surface area contributed by atoms with Gasteiger partial charge in [-0.1, -0.05) is 99.8 Å². The molecule has 7 heteroatoms. The standard InChI is InChI=1S/C30H39ClN2O2S.BrH/c1-3-4-5-6-7-8-9-10-11-12-18-35-29-20-26(31)16-17-28(29)30(34)32-27-15-13-14-25(19-27)22-33-21-24(2)36-23-33;/h13-17,19-21,23H,3-12,18,22H2,1-2H3;1H. The number of unbranched alkanes of at least 4 members (excludes halogenated alkanes) is 9. The summed E-state index contributed by atoms with van der Waals surface area (Å²) in [5.74, 6) is 0.345. The molecule has 0 radical (unpaired) electrons. The van der Waals surface area contributed by atoms with E-state index >= 15 is 0 Å². The number of nitrogens with one attached hydrogen (secondary N) is 1. The molecule has 0 atom stereocenters. The molecule has 0 saturated heterocycles. The maximum Gasteiger partial charge on any atom is 0.259 e. The third kappa shape index (κ3) is 11.6. The van der Waals surface area contributed by atoms with Gasteiger partial charge in [0.15, 0.2) is 12.7 Å². The summed E-state index contributed by atoms with van der Waals surface area (Å²) in [4.78, 5) is 14.4. The van der Waals surface area contributed by atoms with Gasteiger partial charge in [0.2, 0.25) is 5.51 Å². The normalized spacial score (nSPS) is 10.7. The lowest BCUT2D eigenvalue weighted by Crippen LogP contribution is -3.00. The largest absolute Gasteiger partial charge is 1.00 e. The molecule has 1 amide bonds. The van der Waals surface area contributed by atoms with Crippen molar-refractivity contribution in [1.82, 2.24) is 0 Å². The number of hydrogen-bond acceptors (Lipinski definition) is 3. The molecule has 37 heavy (non-hydrogen) atoms. The highest BCUT2D eigenvalue weighted by molar-refractivity contribution is 7.09. The average Bonchev–Trinajstić information content (AvgIpc) is 3.27. The Hall–Kier alpha value is -1.89. The Labute approximate surface area is 242 Å². The minimum absolute atomic E-state index is 0. The first-order valence-corrected chi connectivity index (χ1v) is 14.6. The van der Waals surface area contributed by atoms with Gasteiger partial charge < -0.3 is 27.0 Å². The topological polar surface area (TPSA) is 42.2 Å². The van der Waals surface area contributed by atoms with Gasteiger partial charge in [-0.2, -0.15) is 4.57 Å². The van der Waals surface area contributed by atoms with Gasteiger partial charge in [-0.25, -0.2) is 0 Å². The maximum atomic E-state index is 13.1. The molecule has 1 heterocycles. The first kappa shape index (κ1) is 31.3. The van der Waals surface area contributed by atoms with Crippen molar-refractivity contribution >= 4 is 34.5 Å². The fourth-order valence-electron chi connectivity index (χ4n) is 4.26. The molecule has 4 nitrogen and oxygen atoms in total. The number of carbonyl (C=O) groups is 1. The van der Waals surface area contributed by atoms with Crippen LogP contribution < -0.4 is 31.6 Å².